The molecule has 2 amide bonds. The number of anilines is 1. The van der Waals surface area contributed by atoms with Gasteiger partial charge in [-0.2, -0.15) is 0 Å². The largest absolute Gasteiger partial charge is 0.396 e. The molecule has 1 aliphatic rings. The third-order valence-electron chi connectivity index (χ3n) is 3.42. The fourth-order valence-electron chi connectivity index (χ4n) is 2.14. The van der Waals surface area contributed by atoms with Crippen LogP contribution in [0.3, 0.4) is 0 Å². The number of aliphatic hydroxyl groups excluding tert-OH is 1. The fourth-order valence-corrected chi connectivity index (χ4v) is 2.73. The van der Waals surface area contributed by atoms with Crippen molar-refractivity contribution in [1.29, 1.82) is 0 Å². The Labute approximate surface area is 128 Å². The molecule has 5 heteroatoms. The van der Waals surface area contributed by atoms with Gasteiger partial charge in [0.25, 0.3) is 0 Å². The molecule has 2 N–H and O–H groups in total. The number of benzene rings is 1. The summed E-state index contributed by atoms with van der Waals surface area (Å²) in [6, 6.07) is 6.21. The second-order valence-electron chi connectivity index (χ2n) is 5.27. The Balaban J connectivity index is 1.97. The number of halogens is 1. The summed E-state index contributed by atoms with van der Waals surface area (Å²) in [7, 11) is 0. The zero-order valence-electron chi connectivity index (χ0n) is 11.7. The second kappa shape index (κ2) is 7.09. The van der Waals surface area contributed by atoms with Gasteiger partial charge in [0.2, 0.25) is 0 Å². The van der Waals surface area contributed by atoms with Crippen LogP contribution in [-0.4, -0.2) is 35.2 Å². The van der Waals surface area contributed by atoms with Gasteiger partial charge >= 0.3 is 6.03 Å². The highest BCUT2D eigenvalue weighted by Crippen LogP contribution is 2.29. The molecule has 1 fully saturated rings. The summed E-state index contributed by atoms with van der Waals surface area (Å²) in [5.74, 6) is 0. The summed E-state index contributed by atoms with van der Waals surface area (Å²) >= 11 is 3.47. The van der Waals surface area contributed by atoms with E-state index < -0.39 is 0 Å². The molecule has 1 aliphatic carbocycles. The number of hydrogen-bond donors (Lipinski definition) is 2. The smallest absolute Gasteiger partial charge is 0.322 e. The van der Waals surface area contributed by atoms with Crippen LogP contribution in [0, 0.1) is 6.92 Å². The van der Waals surface area contributed by atoms with E-state index in [4.69, 9.17) is 5.11 Å². The standard InChI is InChI=1S/C15H21BrN2O2/c1-11-4-7-14(13(16)10-11)17-15(20)18(12-5-6-12)8-2-3-9-19/h4,7,10,12,19H,2-3,5-6,8-9H2,1H3,(H,17,20). The van der Waals surface area contributed by atoms with Crippen LogP contribution in [0.1, 0.15) is 31.2 Å². The minimum Gasteiger partial charge on any atom is -0.396 e. The summed E-state index contributed by atoms with van der Waals surface area (Å²) in [6.45, 7) is 2.91. The Hall–Kier alpha value is -1.07. The number of aliphatic hydroxyl groups is 1. The van der Waals surface area contributed by atoms with Crippen molar-refractivity contribution in [2.24, 2.45) is 0 Å². The van der Waals surface area contributed by atoms with Gasteiger partial charge in [-0.25, -0.2) is 4.79 Å². The van der Waals surface area contributed by atoms with E-state index in [9.17, 15) is 4.79 Å². The van der Waals surface area contributed by atoms with Gasteiger partial charge < -0.3 is 15.3 Å². The normalized spacial score (nSPS) is 14.2. The molecule has 0 aromatic heterocycles. The van der Waals surface area contributed by atoms with Crippen LogP contribution in [0.4, 0.5) is 10.5 Å². The quantitative estimate of drug-likeness (QED) is 0.778. The Morgan fingerprint density at radius 3 is 2.80 bits per heavy atom. The second-order valence-corrected chi connectivity index (χ2v) is 6.12. The number of amides is 2. The first-order chi connectivity index (χ1) is 9.61. The highest BCUT2D eigenvalue weighted by molar-refractivity contribution is 9.10. The highest BCUT2D eigenvalue weighted by Gasteiger charge is 2.32. The van der Waals surface area contributed by atoms with Gasteiger partial charge in [-0.3, -0.25) is 0 Å². The molecule has 0 bridgehead atoms. The molecular weight excluding hydrogens is 320 g/mol. The van der Waals surface area contributed by atoms with Crippen LogP contribution >= 0.6 is 15.9 Å². The lowest BCUT2D eigenvalue weighted by Gasteiger charge is -2.23. The van der Waals surface area contributed by atoms with Gasteiger partial charge in [-0.05, 0) is 66.2 Å². The van der Waals surface area contributed by atoms with Crippen molar-refractivity contribution in [2.45, 2.75) is 38.6 Å². The Morgan fingerprint density at radius 2 is 2.20 bits per heavy atom. The van der Waals surface area contributed by atoms with Crippen molar-refractivity contribution >= 4 is 27.6 Å². The molecule has 1 aromatic rings. The predicted molar refractivity (Wildman–Crippen MR) is 83.9 cm³/mol. The molecule has 110 valence electrons. The lowest BCUT2D eigenvalue weighted by molar-refractivity contribution is 0.204. The van der Waals surface area contributed by atoms with Gasteiger partial charge in [-0.15, -0.1) is 0 Å². The number of rotatable bonds is 6. The topological polar surface area (TPSA) is 52.6 Å². The molecule has 20 heavy (non-hydrogen) atoms. The maximum absolute atomic E-state index is 12.4. The molecule has 0 saturated heterocycles. The van der Waals surface area contributed by atoms with E-state index in [2.05, 4.69) is 21.2 Å². The molecule has 0 unspecified atom stereocenters. The summed E-state index contributed by atoms with van der Waals surface area (Å²) in [6.07, 6.45) is 3.75. The molecule has 0 spiro atoms. The summed E-state index contributed by atoms with van der Waals surface area (Å²) in [4.78, 5) is 14.2. The van der Waals surface area contributed by atoms with Gasteiger partial charge in [-0.1, -0.05) is 6.07 Å². The summed E-state index contributed by atoms with van der Waals surface area (Å²) in [5.41, 5.74) is 1.95. The SMILES string of the molecule is Cc1ccc(NC(=O)N(CCCCO)C2CC2)c(Br)c1. The molecular formula is C15H21BrN2O2. The van der Waals surface area contributed by atoms with Crippen molar-refractivity contribution in [3.63, 3.8) is 0 Å². The predicted octanol–water partition coefficient (Wildman–Crippen LogP) is 3.53. The molecule has 1 aromatic carbocycles. The first kappa shape index (κ1) is 15.3. The number of carbonyl (C=O) groups is 1. The van der Waals surface area contributed by atoms with E-state index in [1.54, 1.807) is 0 Å². The van der Waals surface area contributed by atoms with Crippen molar-refractivity contribution in [3.05, 3.63) is 28.2 Å². The zero-order valence-corrected chi connectivity index (χ0v) is 13.3. The van der Waals surface area contributed by atoms with Crippen LogP contribution in [0.25, 0.3) is 0 Å². The average Bonchev–Trinajstić information content (AvgIpc) is 3.22. The molecule has 2 rings (SSSR count). The Bertz CT molecular complexity index is 475. The number of aryl methyl sites for hydroxylation is 1. The van der Waals surface area contributed by atoms with Crippen LogP contribution < -0.4 is 5.32 Å². The van der Waals surface area contributed by atoms with Gasteiger partial charge in [0.15, 0.2) is 0 Å². The summed E-state index contributed by atoms with van der Waals surface area (Å²) < 4.78 is 0.900. The third kappa shape index (κ3) is 4.21. The van der Waals surface area contributed by atoms with Crippen LogP contribution in [-0.2, 0) is 0 Å². The van der Waals surface area contributed by atoms with Gasteiger partial charge in [0.1, 0.15) is 0 Å². The molecule has 0 heterocycles. The van der Waals surface area contributed by atoms with Gasteiger partial charge in [0, 0.05) is 23.7 Å². The lowest BCUT2D eigenvalue weighted by Crippen LogP contribution is -2.37. The third-order valence-corrected chi connectivity index (χ3v) is 4.08. The fraction of sp³-hybridized carbons (Fsp3) is 0.533. The van der Waals surface area contributed by atoms with Gasteiger partial charge in [0.05, 0.1) is 5.69 Å². The molecule has 0 radical (unpaired) electrons. The Morgan fingerprint density at radius 1 is 1.45 bits per heavy atom. The maximum Gasteiger partial charge on any atom is 0.322 e. The average molecular weight is 341 g/mol. The lowest BCUT2D eigenvalue weighted by atomic mass is 10.2. The van der Waals surface area contributed by atoms with Crippen LogP contribution in [0.2, 0.25) is 0 Å². The molecule has 1 saturated carbocycles. The Kier molecular flexibility index (Phi) is 5.43. The van der Waals surface area contributed by atoms with E-state index in [1.807, 2.05) is 30.0 Å². The molecule has 4 nitrogen and oxygen atoms in total. The minimum atomic E-state index is -0.0463. The first-order valence-electron chi connectivity index (χ1n) is 7.06. The van der Waals surface area contributed by atoms with Crippen molar-refractivity contribution in [3.8, 4) is 0 Å². The molecule has 0 atom stereocenters. The van der Waals surface area contributed by atoms with E-state index in [-0.39, 0.29) is 12.6 Å². The van der Waals surface area contributed by atoms with Crippen molar-refractivity contribution < 1.29 is 9.90 Å². The molecule has 0 aliphatic heterocycles. The number of nitrogens with one attached hydrogen (secondary N) is 1. The number of nitrogens with zero attached hydrogens (tertiary/aromatic N) is 1. The van der Waals surface area contributed by atoms with Crippen LogP contribution in [0.5, 0.6) is 0 Å². The van der Waals surface area contributed by atoms with Crippen LogP contribution in [0.15, 0.2) is 22.7 Å². The van der Waals surface area contributed by atoms with E-state index in [0.717, 1.165) is 41.4 Å². The maximum atomic E-state index is 12.4. The number of carbonyl (C=O) groups excluding carboxylic acids is 1. The zero-order chi connectivity index (χ0) is 14.5. The number of unbranched alkanes of at least 4 members (excludes halogenated alkanes) is 1. The number of hydrogen-bond acceptors (Lipinski definition) is 2. The summed E-state index contributed by atoms with van der Waals surface area (Å²) in [5, 5.41) is 11.8. The first-order valence-corrected chi connectivity index (χ1v) is 7.85. The van der Waals surface area contributed by atoms with E-state index in [1.165, 1.54) is 0 Å². The monoisotopic (exact) mass is 340 g/mol. The van der Waals surface area contributed by atoms with Crippen molar-refractivity contribution in [2.75, 3.05) is 18.5 Å². The van der Waals surface area contributed by atoms with E-state index in [0.29, 0.717) is 12.6 Å². The highest BCUT2D eigenvalue weighted by atomic mass is 79.9. The minimum absolute atomic E-state index is 0.0463. The number of urea groups is 1. The van der Waals surface area contributed by atoms with Crippen molar-refractivity contribution in [1.82, 2.24) is 4.90 Å². The van der Waals surface area contributed by atoms with E-state index >= 15 is 0 Å².